The Balaban J connectivity index is 3.06. The summed E-state index contributed by atoms with van der Waals surface area (Å²) in [7, 11) is -2.58. The van der Waals surface area contributed by atoms with E-state index in [9.17, 15) is 13.2 Å². The molecule has 0 aliphatic rings. The molecular formula is C12H17NO5S. The van der Waals surface area contributed by atoms with E-state index < -0.39 is 22.0 Å². The molecule has 19 heavy (non-hydrogen) atoms. The lowest BCUT2D eigenvalue weighted by Gasteiger charge is -2.15. The standard InChI is InChI=1S/C12H17NO5S/c1-8-4-5-11(9(2)6-8)19(16,17)13-10(7-18-3)12(14)15/h4-6,10,13H,7H2,1-3H3,(H,14,15). The number of aliphatic carboxylic acids is 1. The number of hydrogen-bond acceptors (Lipinski definition) is 4. The molecule has 0 aromatic heterocycles. The number of carbonyl (C=O) groups is 1. The molecule has 1 aromatic rings. The third kappa shape index (κ3) is 4.02. The van der Waals surface area contributed by atoms with Crippen molar-refractivity contribution in [3.8, 4) is 0 Å². The third-order valence-electron chi connectivity index (χ3n) is 2.55. The first kappa shape index (κ1) is 15.6. The van der Waals surface area contributed by atoms with Gasteiger partial charge in [0, 0.05) is 7.11 Å². The summed E-state index contributed by atoms with van der Waals surface area (Å²) >= 11 is 0. The minimum Gasteiger partial charge on any atom is -0.480 e. The van der Waals surface area contributed by atoms with Gasteiger partial charge in [-0.05, 0) is 25.5 Å². The third-order valence-corrected chi connectivity index (χ3v) is 4.18. The number of nitrogens with one attached hydrogen (secondary N) is 1. The van der Waals surface area contributed by atoms with Crippen molar-refractivity contribution in [3.63, 3.8) is 0 Å². The maximum Gasteiger partial charge on any atom is 0.324 e. The molecule has 1 unspecified atom stereocenters. The van der Waals surface area contributed by atoms with Crippen molar-refractivity contribution in [2.24, 2.45) is 0 Å². The first-order chi connectivity index (χ1) is 8.77. The highest BCUT2D eigenvalue weighted by Crippen LogP contribution is 2.16. The lowest BCUT2D eigenvalue weighted by molar-refractivity contribution is -0.140. The Bertz CT molecular complexity index is 567. The van der Waals surface area contributed by atoms with Crippen LogP contribution in [-0.2, 0) is 19.6 Å². The molecule has 2 N–H and O–H groups in total. The van der Waals surface area contributed by atoms with Crippen LogP contribution in [-0.4, -0.2) is 39.3 Å². The highest BCUT2D eigenvalue weighted by molar-refractivity contribution is 7.89. The van der Waals surface area contributed by atoms with Crippen molar-refractivity contribution >= 4 is 16.0 Å². The van der Waals surface area contributed by atoms with Crippen molar-refractivity contribution in [1.29, 1.82) is 0 Å². The van der Waals surface area contributed by atoms with Crippen molar-refractivity contribution in [2.75, 3.05) is 13.7 Å². The zero-order valence-corrected chi connectivity index (χ0v) is 11.8. The van der Waals surface area contributed by atoms with E-state index in [-0.39, 0.29) is 11.5 Å². The molecule has 0 aliphatic carbocycles. The Morgan fingerprint density at radius 3 is 2.53 bits per heavy atom. The average molecular weight is 287 g/mol. The number of hydrogen-bond donors (Lipinski definition) is 2. The SMILES string of the molecule is COCC(NS(=O)(=O)c1ccc(C)cc1C)C(=O)O. The summed E-state index contributed by atoms with van der Waals surface area (Å²) in [6.45, 7) is 3.27. The highest BCUT2D eigenvalue weighted by Gasteiger charge is 2.26. The van der Waals surface area contributed by atoms with E-state index in [0.717, 1.165) is 5.56 Å². The molecule has 0 spiro atoms. The van der Waals surface area contributed by atoms with Crippen LogP contribution >= 0.6 is 0 Å². The maximum absolute atomic E-state index is 12.1. The van der Waals surface area contributed by atoms with Crippen LogP contribution in [0.3, 0.4) is 0 Å². The van der Waals surface area contributed by atoms with Gasteiger partial charge in [0.1, 0.15) is 6.04 Å². The van der Waals surface area contributed by atoms with Crippen LogP contribution < -0.4 is 4.72 Å². The summed E-state index contributed by atoms with van der Waals surface area (Å²) in [5.74, 6) is -1.28. The fourth-order valence-corrected chi connectivity index (χ4v) is 3.07. The molecule has 106 valence electrons. The fraction of sp³-hybridized carbons (Fsp3) is 0.417. The second kappa shape index (κ2) is 6.14. The molecular weight excluding hydrogens is 270 g/mol. The minimum absolute atomic E-state index is 0.0699. The van der Waals surface area contributed by atoms with Crippen molar-refractivity contribution < 1.29 is 23.1 Å². The minimum atomic E-state index is -3.88. The number of rotatable bonds is 6. The molecule has 6 nitrogen and oxygen atoms in total. The lowest BCUT2D eigenvalue weighted by Crippen LogP contribution is -2.43. The Morgan fingerprint density at radius 1 is 1.42 bits per heavy atom. The Labute approximate surface area is 112 Å². The first-order valence-electron chi connectivity index (χ1n) is 5.59. The molecule has 0 fully saturated rings. The molecule has 0 saturated carbocycles. The summed E-state index contributed by atoms with van der Waals surface area (Å²) in [5, 5.41) is 8.92. The lowest BCUT2D eigenvalue weighted by atomic mass is 10.2. The fourth-order valence-electron chi connectivity index (χ4n) is 1.67. The molecule has 0 bridgehead atoms. The summed E-state index contributed by atoms with van der Waals surface area (Å²) in [4.78, 5) is 11.0. The van der Waals surface area contributed by atoms with E-state index in [1.807, 2.05) is 6.92 Å². The van der Waals surface area contributed by atoms with Crippen LogP contribution in [0.25, 0.3) is 0 Å². The number of sulfonamides is 1. The van der Waals surface area contributed by atoms with Gasteiger partial charge in [0.15, 0.2) is 0 Å². The second-order valence-electron chi connectivity index (χ2n) is 4.24. The van der Waals surface area contributed by atoms with Crippen molar-refractivity contribution in [1.82, 2.24) is 4.72 Å². The quantitative estimate of drug-likeness (QED) is 0.802. The number of aryl methyl sites for hydroxylation is 2. The van der Waals surface area contributed by atoms with E-state index >= 15 is 0 Å². The zero-order chi connectivity index (χ0) is 14.6. The Hall–Kier alpha value is -1.44. The molecule has 0 radical (unpaired) electrons. The number of carboxylic acid groups (broad SMARTS) is 1. The van der Waals surface area contributed by atoms with Gasteiger partial charge in [-0.1, -0.05) is 17.7 Å². The van der Waals surface area contributed by atoms with E-state index in [0.29, 0.717) is 5.56 Å². The maximum atomic E-state index is 12.1. The van der Waals surface area contributed by atoms with Gasteiger partial charge in [0.2, 0.25) is 10.0 Å². The monoisotopic (exact) mass is 287 g/mol. The summed E-state index contributed by atoms with van der Waals surface area (Å²) in [6.07, 6.45) is 0. The summed E-state index contributed by atoms with van der Waals surface area (Å²) in [5.41, 5.74) is 1.50. The predicted molar refractivity (Wildman–Crippen MR) is 69.5 cm³/mol. The van der Waals surface area contributed by atoms with E-state index in [4.69, 9.17) is 5.11 Å². The molecule has 1 rings (SSSR count). The highest BCUT2D eigenvalue weighted by atomic mass is 32.2. The Kier molecular flexibility index (Phi) is 5.04. The van der Waals surface area contributed by atoms with Gasteiger partial charge in [-0.25, -0.2) is 8.42 Å². The van der Waals surface area contributed by atoms with Gasteiger partial charge >= 0.3 is 5.97 Å². The van der Waals surface area contributed by atoms with Gasteiger partial charge in [0.05, 0.1) is 11.5 Å². The molecule has 1 aromatic carbocycles. The number of benzene rings is 1. The molecule has 7 heteroatoms. The number of methoxy groups -OCH3 is 1. The summed E-state index contributed by atoms with van der Waals surface area (Å²) < 4.78 is 31.1. The van der Waals surface area contributed by atoms with E-state index in [1.54, 1.807) is 19.1 Å². The summed E-state index contributed by atoms with van der Waals surface area (Å²) in [6, 6.07) is 3.53. The van der Waals surface area contributed by atoms with Crippen LogP contribution in [0.4, 0.5) is 0 Å². The molecule has 0 saturated heterocycles. The first-order valence-corrected chi connectivity index (χ1v) is 7.07. The normalized spacial score (nSPS) is 13.2. The smallest absolute Gasteiger partial charge is 0.324 e. The number of carboxylic acids is 1. The van der Waals surface area contributed by atoms with E-state index in [2.05, 4.69) is 9.46 Å². The van der Waals surface area contributed by atoms with Crippen molar-refractivity contribution in [2.45, 2.75) is 24.8 Å². The van der Waals surface area contributed by atoms with Gasteiger partial charge in [0.25, 0.3) is 0 Å². The van der Waals surface area contributed by atoms with Gasteiger partial charge in [-0.3, -0.25) is 4.79 Å². The van der Waals surface area contributed by atoms with Crippen molar-refractivity contribution in [3.05, 3.63) is 29.3 Å². The van der Waals surface area contributed by atoms with Crippen LogP contribution in [0.5, 0.6) is 0 Å². The average Bonchev–Trinajstić information content (AvgIpc) is 2.27. The van der Waals surface area contributed by atoms with E-state index in [1.165, 1.54) is 13.2 Å². The van der Waals surface area contributed by atoms with Crippen LogP contribution in [0.2, 0.25) is 0 Å². The Morgan fingerprint density at radius 2 is 2.05 bits per heavy atom. The van der Waals surface area contributed by atoms with Gasteiger partial charge < -0.3 is 9.84 Å². The van der Waals surface area contributed by atoms with Crippen LogP contribution in [0.1, 0.15) is 11.1 Å². The van der Waals surface area contributed by atoms with Gasteiger partial charge in [-0.2, -0.15) is 4.72 Å². The molecule has 0 heterocycles. The van der Waals surface area contributed by atoms with Gasteiger partial charge in [-0.15, -0.1) is 0 Å². The van der Waals surface area contributed by atoms with Crippen LogP contribution in [0, 0.1) is 13.8 Å². The zero-order valence-electron chi connectivity index (χ0n) is 11.0. The predicted octanol–water partition coefficient (Wildman–Crippen LogP) is 0.681. The van der Waals surface area contributed by atoms with Crippen LogP contribution in [0.15, 0.2) is 23.1 Å². The molecule has 0 amide bonds. The topological polar surface area (TPSA) is 92.7 Å². The number of ether oxygens (including phenoxy) is 1. The second-order valence-corrected chi connectivity index (χ2v) is 5.92. The molecule has 1 atom stereocenters. The molecule has 0 aliphatic heterocycles. The largest absolute Gasteiger partial charge is 0.480 e.